The van der Waals surface area contributed by atoms with E-state index in [-0.39, 0.29) is 0 Å². The summed E-state index contributed by atoms with van der Waals surface area (Å²) in [5.74, 6) is 0.924. The highest BCUT2D eigenvalue weighted by Crippen LogP contribution is 2.33. The Kier molecular flexibility index (Phi) is 3.11. The molecule has 1 aromatic carbocycles. The van der Waals surface area contributed by atoms with E-state index in [2.05, 4.69) is 11.4 Å². The van der Waals surface area contributed by atoms with Crippen LogP contribution in [0.1, 0.15) is 12.0 Å². The van der Waals surface area contributed by atoms with E-state index < -0.39 is 0 Å². The second kappa shape index (κ2) is 4.53. The molecule has 1 aliphatic heterocycles. The summed E-state index contributed by atoms with van der Waals surface area (Å²) in [6.07, 6.45) is 2.21. The van der Waals surface area contributed by atoms with Crippen molar-refractivity contribution in [1.82, 2.24) is 0 Å². The van der Waals surface area contributed by atoms with Gasteiger partial charge < -0.3 is 14.8 Å². The molecule has 3 heteroatoms. The highest BCUT2D eigenvalue weighted by atomic mass is 16.5. The number of para-hydroxylation sites is 1. The van der Waals surface area contributed by atoms with Crippen molar-refractivity contribution in [3.05, 3.63) is 23.8 Å². The van der Waals surface area contributed by atoms with Crippen molar-refractivity contribution in [2.45, 2.75) is 18.9 Å². The molecular formula is C12H17NO2. The Balaban J connectivity index is 2.22. The number of nitrogens with one attached hydrogen (secondary N) is 1. The van der Waals surface area contributed by atoms with E-state index in [0.717, 1.165) is 30.9 Å². The Hall–Kier alpha value is -1.22. The zero-order chi connectivity index (χ0) is 10.7. The fraction of sp³-hybridized carbons (Fsp3) is 0.500. The maximum Gasteiger partial charge on any atom is 0.142 e. The first-order valence-corrected chi connectivity index (χ1v) is 5.26. The number of hydrogen-bond acceptors (Lipinski definition) is 3. The lowest BCUT2D eigenvalue weighted by atomic mass is 9.98. The van der Waals surface area contributed by atoms with E-state index in [9.17, 15) is 0 Å². The Labute approximate surface area is 90.4 Å². The van der Waals surface area contributed by atoms with Crippen molar-refractivity contribution in [3.63, 3.8) is 0 Å². The smallest absolute Gasteiger partial charge is 0.142 e. The molecule has 1 aromatic rings. The number of hydrogen-bond donors (Lipinski definition) is 1. The zero-order valence-electron chi connectivity index (χ0n) is 9.25. The number of methoxy groups -OCH3 is 2. The summed E-state index contributed by atoms with van der Waals surface area (Å²) < 4.78 is 10.5. The van der Waals surface area contributed by atoms with Gasteiger partial charge in [0.25, 0.3) is 0 Å². The molecule has 1 aliphatic rings. The average molecular weight is 207 g/mol. The van der Waals surface area contributed by atoms with E-state index in [0.29, 0.717) is 6.04 Å². The van der Waals surface area contributed by atoms with Crippen molar-refractivity contribution >= 4 is 5.69 Å². The number of fused-ring (bicyclic) bond motifs is 1. The van der Waals surface area contributed by atoms with Gasteiger partial charge in [0.2, 0.25) is 0 Å². The predicted molar refractivity (Wildman–Crippen MR) is 60.6 cm³/mol. The Morgan fingerprint density at radius 1 is 1.40 bits per heavy atom. The molecule has 0 aliphatic carbocycles. The van der Waals surface area contributed by atoms with Gasteiger partial charge >= 0.3 is 0 Å². The molecule has 0 bridgehead atoms. The van der Waals surface area contributed by atoms with Crippen LogP contribution in [-0.4, -0.2) is 26.9 Å². The van der Waals surface area contributed by atoms with Crippen LogP contribution in [0.3, 0.4) is 0 Å². The second-order valence-electron chi connectivity index (χ2n) is 3.83. The summed E-state index contributed by atoms with van der Waals surface area (Å²) in [6.45, 7) is 0.748. The Morgan fingerprint density at radius 3 is 3.00 bits per heavy atom. The Bertz CT molecular complexity index is 324. The summed E-state index contributed by atoms with van der Waals surface area (Å²) in [4.78, 5) is 0. The molecule has 1 N–H and O–H groups in total. The summed E-state index contributed by atoms with van der Waals surface area (Å²) in [5.41, 5.74) is 2.47. The van der Waals surface area contributed by atoms with Gasteiger partial charge in [0.15, 0.2) is 0 Å². The van der Waals surface area contributed by atoms with Crippen LogP contribution in [-0.2, 0) is 11.2 Å². The first-order valence-electron chi connectivity index (χ1n) is 5.26. The minimum atomic E-state index is 0.402. The van der Waals surface area contributed by atoms with Crippen LogP contribution in [0.4, 0.5) is 5.69 Å². The molecule has 1 heterocycles. The molecular weight excluding hydrogens is 190 g/mol. The predicted octanol–water partition coefficient (Wildman–Crippen LogP) is 2.07. The molecule has 15 heavy (non-hydrogen) atoms. The number of benzene rings is 1. The highest BCUT2D eigenvalue weighted by molar-refractivity contribution is 5.64. The normalized spacial score (nSPS) is 19.2. The van der Waals surface area contributed by atoms with E-state index in [1.165, 1.54) is 5.56 Å². The van der Waals surface area contributed by atoms with Crippen molar-refractivity contribution in [1.29, 1.82) is 0 Å². The summed E-state index contributed by atoms with van der Waals surface area (Å²) in [7, 11) is 3.44. The van der Waals surface area contributed by atoms with E-state index in [1.54, 1.807) is 14.2 Å². The van der Waals surface area contributed by atoms with Crippen LogP contribution >= 0.6 is 0 Å². The lowest BCUT2D eigenvalue weighted by Crippen LogP contribution is -2.29. The van der Waals surface area contributed by atoms with E-state index in [4.69, 9.17) is 9.47 Å². The first-order chi connectivity index (χ1) is 7.35. The fourth-order valence-corrected chi connectivity index (χ4v) is 2.05. The van der Waals surface area contributed by atoms with Crippen molar-refractivity contribution in [3.8, 4) is 5.75 Å². The van der Waals surface area contributed by atoms with Gasteiger partial charge in [-0.1, -0.05) is 12.1 Å². The first kappa shape index (κ1) is 10.3. The minimum absolute atomic E-state index is 0.402. The van der Waals surface area contributed by atoms with Crippen molar-refractivity contribution in [2.24, 2.45) is 0 Å². The molecule has 82 valence electrons. The summed E-state index contributed by atoms with van der Waals surface area (Å²) in [6, 6.07) is 6.57. The maximum atomic E-state index is 5.34. The zero-order valence-corrected chi connectivity index (χ0v) is 9.25. The van der Waals surface area contributed by atoms with Gasteiger partial charge in [-0.25, -0.2) is 0 Å². The third kappa shape index (κ3) is 2.07. The van der Waals surface area contributed by atoms with Gasteiger partial charge in [0.1, 0.15) is 5.75 Å². The van der Waals surface area contributed by atoms with Gasteiger partial charge in [-0.05, 0) is 24.5 Å². The van der Waals surface area contributed by atoms with Gasteiger partial charge in [0, 0.05) is 13.2 Å². The van der Waals surface area contributed by atoms with Gasteiger partial charge in [-0.15, -0.1) is 0 Å². The van der Waals surface area contributed by atoms with E-state index >= 15 is 0 Å². The van der Waals surface area contributed by atoms with Gasteiger partial charge in [-0.2, -0.15) is 0 Å². The van der Waals surface area contributed by atoms with Crippen LogP contribution in [0, 0.1) is 0 Å². The molecule has 0 spiro atoms. The Morgan fingerprint density at radius 2 is 2.27 bits per heavy atom. The number of anilines is 1. The second-order valence-corrected chi connectivity index (χ2v) is 3.83. The molecule has 1 unspecified atom stereocenters. The molecule has 0 amide bonds. The van der Waals surface area contributed by atoms with E-state index in [1.807, 2.05) is 12.1 Å². The standard InChI is InChI=1S/C12H17NO2/c1-14-8-10-7-6-9-4-3-5-11(15-2)12(9)13-10/h3-5,10,13H,6-8H2,1-2H3. The van der Waals surface area contributed by atoms with Crippen molar-refractivity contribution < 1.29 is 9.47 Å². The van der Waals surface area contributed by atoms with Crippen molar-refractivity contribution in [2.75, 3.05) is 26.1 Å². The molecule has 2 rings (SSSR count). The minimum Gasteiger partial charge on any atom is -0.495 e. The van der Waals surface area contributed by atoms with Crippen LogP contribution in [0.5, 0.6) is 5.75 Å². The van der Waals surface area contributed by atoms with Gasteiger partial charge in [-0.3, -0.25) is 0 Å². The number of aryl methyl sites for hydroxylation is 1. The van der Waals surface area contributed by atoms with Crippen LogP contribution in [0.2, 0.25) is 0 Å². The molecule has 0 saturated heterocycles. The van der Waals surface area contributed by atoms with Crippen LogP contribution in [0.25, 0.3) is 0 Å². The monoisotopic (exact) mass is 207 g/mol. The van der Waals surface area contributed by atoms with Gasteiger partial charge in [0.05, 0.1) is 19.4 Å². The quantitative estimate of drug-likeness (QED) is 0.823. The number of ether oxygens (including phenoxy) is 2. The molecule has 0 aromatic heterocycles. The van der Waals surface area contributed by atoms with Crippen LogP contribution < -0.4 is 10.1 Å². The average Bonchev–Trinajstić information content (AvgIpc) is 2.28. The third-order valence-corrected chi connectivity index (χ3v) is 2.81. The molecule has 0 saturated carbocycles. The lowest BCUT2D eigenvalue weighted by molar-refractivity contribution is 0.181. The largest absolute Gasteiger partial charge is 0.495 e. The summed E-state index contributed by atoms with van der Waals surface area (Å²) in [5, 5.41) is 3.47. The summed E-state index contributed by atoms with van der Waals surface area (Å²) >= 11 is 0. The highest BCUT2D eigenvalue weighted by Gasteiger charge is 2.19. The third-order valence-electron chi connectivity index (χ3n) is 2.81. The fourth-order valence-electron chi connectivity index (χ4n) is 2.05. The topological polar surface area (TPSA) is 30.5 Å². The maximum absolute atomic E-state index is 5.34. The van der Waals surface area contributed by atoms with Crippen LogP contribution in [0.15, 0.2) is 18.2 Å². The molecule has 0 fully saturated rings. The molecule has 0 radical (unpaired) electrons. The lowest BCUT2D eigenvalue weighted by Gasteiger charge is -2.27. The SMILES string of the molecule is COCC1CCc2cccc(OC)c2N1. The molecule has 1 atom stereocenters. The molecule has 3 nitrogen and oxygen atoms in total. The number of rotatable bonds is 3.